The number of para-hydroxylation sites is 2. The molecule has 5 rings (SSSR count). The van der Waals surface area contributed by atoms with Gasteiger partial charge in [0.25, 0.3) is 0 Å². The predicted molar refractivity (Wildman–Crippen MR) is 136 cm³/mol. The Bertz CT molecular complexity index is 819. The molecule has 0 radical (unpaired) electrons. The summed E-state index contributed by atoms with van der Waals surface area (Å²) in [5, 5.41) is 36.9. The number of fused-ring (bicyclic) bond motifs is 6. The van der Waals surface area contributed by atoms with E-state index in [0.29, 0.717) is 61.8 Å². The molecule has 2 fully saturated rings. The number of benzene rings is 2. The summed E-state index contributed by atoms with van der Waals surface area (Å²) in [5.74, 6) is 0.841. The lowest BCUT2D eigenvalue weighted by Gasteiger charge is -2.34. The molecule has 6 nitrogen and oxygen atoms in total. The van der Waals surface area contributed by atoms with Crippen LogP contribution < -0.4 is 21.3 Å². The average Bonchev–Trinajstić information content (AvgIpc) is 2.86. The zero-order chi connectivity index (χ0) is 23.3. The van der Waals surface area contributed by atoms with E-state index in [1.807, 2.05) is 24.3 Å². The summed E-state index contributed by atoms with van der Waals surface area (Å²) in [4.78, 5) is 0. The van der Waals surface area contributed by atoms with Gasteiger partial charge in [0.1, 0.15) is 11.5 Å². The monoisotopic (exact) mass is 464 g/mol. The minimum atomic E-state index is 0.351. The number of rotatable bonds is 0. The third-order valence-corrected chi connectivity index (χ3v) is 8.16. The van der Waals surface area contributed by atoms with Crippen molar-refractivity contribution < 1.29 is 10.2 Å². The van der Waals surface area contributed by atoms with Crippen LogP contribution in [0.15, 0.2) is 36.4 Å². The van der Waals surface area contributed by atoms with Gasteiger partial charge in [0.15, 0.2) is 0 Å². The highest BCUT2D eigenvalue weighted by molar-refractivity contribution is 5.41. The summed E-state index contributed by atoms with van der Waals surface area (Å²) in [6.07, 6.45) is 9.39. The molecule has 1 aliphatic heterocycles. The van der Waals surface area contributed by atoms with Gasteiger partial charge in [-0.3, -0.25) is 0 Å². The third-order valence-electron chi connectivity index (χ3n) is 8.16. The van der Waals surface area contributed by atoms with Crippen LogP contribution in [-0.4, -0.2) is 34.4 Å². The zero-order valence-electron chi connectivity index (χ0n) is 20.2. The molecule has 0 amide bonds. The molecule has 0 aromatic heterocycles. The molecule has 0 saturated heterocycles. The van der Waals surface area contributed by atoms with Crippen LogP contribution in [-0.2, 0) is 26.2 Å². The van der Waals surface area contributed by atoms with Crippen LogP contribution in [0.2, 0.25) is 0 Å². The van der Waals surface area contributed by atoms with Gasteiger partial charge in [-0.25, -0.2) is 0 Å². The average molecular weight is 465 g/mol. The summed E-state index contributed by atoms with van der Waals surface area (Å²) in [6, 6.07) is 13.7. The Kier molecular flexibility index (Phi) is 7.70. The standard InChI is InChI=1S/C28H40N4O2/c33-27-19-7-5-9-21(27)17-31-25-13-3-4-14-26(25)32-18-22-10-6-8-20(28(22)34)16-30-24-12-2-1-11-23(24)29-15-19/h5-10,23-26,29-34H,1-4,11-18H2/t23-,24-,25-,26-/m1/s1. The van der Waals surface area contributed by atoms with E-state index in [1.165, 1.54) is 25.7 Å². The fraction of sp³-hybridized carbons (Fsp3) is 0.571. The Balaban J connectivity index is 1.41. The highest BCUT2D eigenvalue weighted by Crippen LogP contribution is 2.28. The van der Waals surface area contributed by atoms with E-state index in [1.54, 1.807) is 0 Å². The van der Waals surface area contributed by atoms with Gasteiger partial charge in [-0.15, -0.1) is 0 Å². The minimum absolute atomic E-state index is 0.351. The van der Waals surface area contributed by atoms with Gasteiger partial charge < -0.3 is 31.5 Å². The maximum Gasteiger partial charge on any atom is 0.124 e. The van der Waals surface area contributed by atoms with Crippen LogP contribution in [0.5, 0.6) is 11.5 Å². The largest absolute Gasteiger partial charge is 0.507 e. The molecule has 0 unspecified atom stereocenters. The van der Waals surface area contributed by atoms with Gasteiger partial charge in [0.2, 0.25) is 0 Å². The van der Waals surface area contributed by atoms with Crippen LogP contribution in [0.3, 0.4) is 0 Å². The molecule has 4 bridgehead atoms. The van der Waals surface area contributed by atoms with Gasteiger partial charge in [-0.05, 0) is 25.7 Å². The number of hydrogen-bond acceptors (Lipinski definition) is 6. The second-order valence-corrected chi connectivity index (χ2v) is 10.4. The molecule has 184 valence electrons. The molecule has 6 N–H and O–H groups in total. The third kappa shape index (κ3) is 5.41. The Morgan fingerprint density at radius 1 is 0.471 bits per heavy atom. The fourth-order valence-corrected chi connectivity index (χ4v) is 6.06. The number of phenolic OH excluding ortho intramolecular Hbond substituents is 2. The number of aromatic hydroxyl groups is 2. The Hall–Kier alpha value is -2.12. The summed E-state index contributed by atoms with van der Waals surface area (Å²) < 4.78 is 0. The van der Waals surface area contributed by atoms with E-state index >= 15 is 0 Å². The molecule has 2 saturated carbocycles. The number of phenols is 2. The van der Waals surface area contributed by atoms with Crippen molar-refractivity contribution in [2.75, 3.05) is 0 Å². The molecule has 6 heteroatoms. The first-order valence-corrected chi connectivity index (χ1v) is 13.2. The van der Waals surface area contributed by atoms with Crippen molar-refractivity contribution in [2.45, 2.75) is 102 Å². The maximum atomic E-state index is 11.0. The van der Waals surface area contributed by atoms with E-state index in [4.69, 9.17) is 0 Å². The Morgan fingerprint density at radius 3 is 1.00 bits per heavy atom. The van der Waals surface area contributed by atoms with Crippen molar-refractivity contribution in [3.63, 3.8) is 0 Å². The van der Waals surface area contributed by atoms with Crippen molar-refractivity contribution in [1.29, 1.82) is 0 Å². The molecule has 0 spiro atoms. The van der Waals surface area contributed by atoms with E-state index in [2.05, 4.69) is 33.4 Å². The summed E-state index contributed by atoms with van der Waals surface area (Å²) in [7, 11) is 0. The second-order valence-electron chi connectivity index (χ2n) is 10.4. The summed E-state index contributed by atoms with van der Waals surface area (Å²) >= 11 is 0. The van der Waals surface area contributed by atoms with Gasteiger partial charge in [0.05, 0.1) is 0 Å². The van der Waals surface area contributed by atoms with Crippen molar-refractivity contribution in [3.8, 4) is 11.5 Å². The van der Waals surface area contributed by atoms with Crippen LogP contribution in [0.1, 0.15) is 73.6 Å². The van der Waals surface area contributed by atoms with Crippen molar-refractivity contribution in [3.05, 3.63) is 58.7 Å². The highest BCUT2D eigenvalue weighted by Gasteiger charge is 2.27. The topological polar surface area (TPSA) is 88.6 Å². The molecule has 1 heterocycles. The van der Waals surface area contributed by atoms with Crippen LogP contribution in [0.4, 0.5) is 0 Å². The first kappa shape index (κ1) is 23.6. The normalized spacial score (nSPS) is 28.7. The van der Waals surface area contributed by atoms with Crippen molar-refractivity contribution in [1.82, 2.24) is 21.3 Å². The Morgan fingerprint density at radius 2 is 0.735 bits per heavy atom. The van der Waals surface area contributed by atoms with Crippen LogP contribution in [0, 0.1) is 0 Å². The molecule has 2 aromatic carbocycles. The molecule has 2 aromatic rings. The van der Waals surface area contributed by atoms with Crippen LogP contribution >= 0.6 is 0 Å². The molecular formula is C28H40N4O2. The lowest BCUT2D eigenvalue weighted by molar-refractivity contribution is 0.275. The van der Waals surface area contributed by atoms with Gasteiger partial charge >= 0.3 is 0 Å². The predicted octanol–water partition coefficient (Wildman–Crippen LogP) is 3.79. The highest BCUT2D eigenvalue weighted by atomic mass is 16.3. The van der Waals surface area contributed by atoms with Crippen molar-refractivity contribution in [2.24, 2.45) is 0 Å². The van der Waals surface area contributed by atoms with Gasteiger partial charge in [-0.1, -0.05) is 62.1 Å². The van der Waals surface area contributed by atoms with E-state index in [-0.39, 0.29) is 0 Å². The van der Waals surface area contributed by atoms with E-state index in [9.17, 15) is 10.2 Å². The summed E-state index contributed by atoms with van der Waals surface area (Å²) in [5.41, 5.74) is 3.86. The molecule has 4 atom stereocenters. The second kappa shape index (κ2) is 11.1. The quantitative estimate of drug-likeness (QED) is 0.356. The van der Waals surface area contributed by atoms with Crippen molar-refractivity contribution >= 4 is 0 Å². The SMILES string of the molecule is Oc1c2cccc1CN[C@@H]1CCCC[C@H]1NCc1cccc(c1O)CN[C@@H]1CCCC[C@H]1NC2. The summed E-state index contributed by atoms with van der Waals surface area (Å²) in [6.45, 7) is 2.65. The first-order chi connectivity index (χ1) is 16.7. The molecule has 34 heavy (non-hydrogen) atoms. The van der Waals surface area contributed by atoms with Gasteiger partial charge in [0, 0.05) is 72.6 Å². The fourth-order valence-electron chi connectivity index (χ4n) is 6.06. The maximum absolute atomic E-state index is 11.0. The van der Waals surface area contributed by atoms with E-state index in [0.717, 1.165) is 47.9 Å². The van der Waals surface area contributed by atoms with E-state index < -0.39 is 0 Å². The van der Waals surface area contributed by atoms with Gasteiger partial charge in [-0.2, -0.15) is 0 Å². The number of nitrogens with one attached hydrogen (secondary N) is 4. The number of hydrogen-bond donors (Lipinski definition) is 6. The van der Waals surface area contributed by atoms with Crippen LogP contribution in [0.25, 0.3) is 0 Å². The Labute approximate surface area is 203 Å². The molecule has 2 aliphatic carbocycles. The minimum Gasteiger partial charge on any atom is -0.507 e. The molecular weight excluding hydrogens is 424 g/mol. The zero-order valence-corrected chi connectivity index (χ0v) is 20.2. The molecule has 3 aliphatic rings. The smallest absolute Gasteiger partial charge is 0.124 e. The first-order valence-electron chi connectivity index (χ1n) is 13.2. The lowest BCUT2D eigenvalue weighted by atomic mass is 9.89. The lowest BCUT2D eigenvalue weighted by Crippen LogP contribution is -2.49.